The molecule has 3 aliphatic heterocycles. The summed E-state index contributed by atoms with van der Waals surface area (Å²) >= 11 is 0. The minimum Gasteiger partial charge on any atom is -0.337 e. The Morgan fingerprint density at radius 2 is 2.03 bits per heavy atom. The van der Waals surface area contributed by atoms with Crippen LogP contribution in [0.3, 0.4) is 0 Å². The van der Waals surface area contributed by atoms with Crippen LogP contribution >= 0.6 is 0 Å². The zero-order chi connectivity index (χ0) is 20.7. The number of likely N-dealkylation sites (tertiary alicyclic amines) is 1. The number of hydrogen-bond acceptors (Lipinski definition) is 4. The van der Waals surface area contributed by atoms with Gasteiger partial charge in [-0.25, -0.2) is 9.49 Å². The summed E-state index contributed by atoms with van der Waals surface area (Å²) < 4.78 is 13.8. The van der Waals surface area contributed by atoms with Gasteiger partial charge in [-0.3, -0.25) is 14.5 Å². The Morgan fingerprint density at radius 1 is 1.17 bits per heavy atom. The lowest BCUT2D eigenvalue weighted by Gasteiger charge is -2.57. The number of benzene rings is 1. The van der Waals surface area contributed by atoms with E-state index in [9.17, 15) is 14.0 Å². The number of amides is 1. The van der Waals surface area contributed by atoms with Crippen LogP contribution in [0, 0.1) is 17.7 Å². The van der Waals surface area contributed by atoms with Crippen LogP contribution in [0.5, 0.6) is 0 Å². The molecule has 6 nitrogen and oxygen atoms in total. The van der Waals surface area contributed by atoms with E-state index in [0.717, 1.165) is 37.9 Å². The van der Waals surface area contributed by atoms with Crippen molar-refractivity contribution in [2.24, 2.45) is 11.8 Å². The van der Waals surface area contributed by atoms with Crippen LogP contribution in [-0.4, -0.2) is 57.6 Å². The summed E-state index contributed by atoms with van der Waals surface area (Å²) in [6.45, 7) is 2.51. The van der Waals surface area contributed by atoms with Crippen molar-refractivity contribution in [3.63, 3.8) is 0 Å². The molecular weight excluding hydrogens is 383 g/mol. The molecule has 5 rings (SSSR count). The van der Waals surface area contributed by atoms with E-state index in [0.29, 0.717) is 30.5 Å². The van der Waals surface area contributed by atoms with Crippen LogP contribution in [0.4, 0.5) is 4.39 Å². The van der Waals surface area contributed by atoms with Gasteiger partial charge in [-0.05, 0) is 67.8 Å². The molecule has 0 spiro atoms. The molecule has 3 aliphatic rings. The van der Waals surface area contributed by atoms with Gasteiger partial charge in [-0.15, -0.1) is 0 Å². The van der Waals surface area contributed by atoms with Crippen LogP contribution in [0.25, 0.3) is 0 Å². The number of nitrogens with zero attached hydrogens (tertiary/aromatic N) is 3. The molecule has 1 aromatic heterocycles. The molecule has 158 valence electrons. The van der Waals surface area contributed by atoms with Gasteiger partial charge in [0.05, 0.1) is 0 Å². The minimum atomic E-state index is -0.310. The quantitative estimate of drug-likeness (QED) is 0.844. The Bertz CT molecular complexity index is 973. The molecule has 1 aromatic carbocycles. The van der Waals surface area contributed by atoms with Gasteiger partial charge in [0.15, 0.2) is 0 Å². The third kappa shape index (κ3) is 3.67. The van der Waals surface area contributed by atoms with Crippen molar-refractivity contribution in [3.8, 4) is 0 Å². The van der Waals surface area contributed by atoms with Crippen molar-refractivity contribution < 1.29 is 9.18 Å². The molecule has 0 saturated carbocycles. The maximum absolute atomic E-state index is 13.8. The van der Waals surface area contributed by atoms with Crippen molar-refractivity contribution in [3.05, 3.63) is 63.8 Å². The molecule has 2 aromatic rings. The van der Waals surface area contributed by atoms with Gasteiger partial charge in [0.2, 0.25) is 0 Å². The van der Waals surface area contributed by atoms with Crippen LogP contribution in [0.2, 0.25) is 0 Å². The molecule has 7 heteroatoms. The maximum atomic E-state index is 13.8. The van der Waals surface area contributed by atoms with Crippen molar-refractivity contribution >= 4 is 5.91 Å². The second-order valence-electron chi connectivity index (χ2n) is 8.97. The van der Waals surface area contributed by atoms with Gasteiger partial charge < -0.3 is 4.90 Å². The second kappa shape index (κ2) is 7.95. The fourth-order valence-corrected chi connectivity index (χ4v) is 5.89. The van der Waals surface area contributed by atoms with E-state index in [1.807, 2.05) is 11.0 Å². The number of hydrogen-bond donors (Lipinski definition) is 1. The molecule has 4 atom stereocenters. The Balaban J connectivity index is 1.41. The Morgan fingerprint density at radius 3 is 2.83 bits per heavy atom. The molecule has 0 unspecified atom stereocenters. The Hall–Kier alpha value is -2.54. The summed E-state index contributed by atoms with van der Waals surface area (Å²) in [5.74, 6) is 0.503. The van der Waals surface area contributed by atoms with E-state index in [1.165, 1.54) is 31.0 Å². The van der Waals surface area contributed by atoms with Crippen molar-refractivity contribution in [1.29, 1.82) is 0 Å². The van der Waals surface area contributed by atoms with E-state index >= 15 is 0 Å². The maximum Gasteiger partial charge on any atom is 0.274 e. The summed E-state index contributed by atoms with van der Waals surface area (Å²) in [6.07, 6.45) is 5.52. The highest BCUT2D eigenvalue weighted by molar-refractivity contribution is 5.92. The largest absolute Gasteiger partial charge is 0.337 e. The normalized spacial score (nSPS) is 28.8. The highest BCUT2D eigenvalue weighted by Crippen LogP contribution is 2.42. The first-order chi connectivity index (χ1) is 14.6. The molecule has 4 heterocycles. The predicted octanol–water partition coefficient (Wildman–Crippen LogP) is 2.47. The number of H-pyrrole nitrogens is 1. The number of fused-ring (bicyclic) bond motifs is 4. The van der Waals surface area contributed by atoms with E-state index in [4.69, 9.17) is 0 Å². The van der Waals surface area contributed by atoms with E-state index in [-0.39, 0.29) is 23.0 Å². The number of piperidine rings is 3. The number of carbonyl (C=O) groups is 1. The number of nitrogens with one attached hydrogen (secondary N) is 1. The zero-order valence-corrected chi connectivity index (χ0v) is 17.0. The highest BCUT2D eigenvalue weighted by Gasteiger charge is 2.47. The smallest absolute Gasteiger partial charge is 0.274 e. The molecular formula is C23H27FN4O2. The summed E-state index contributed by atoms with van der Waals surface area (Å²) in [5, 5.41) is 6.31. The SMILES string of the molecule is O=C(c1ccc(=O)[nH]n1)N1C[C@H]2C[C@@H](C1)[C@H](Cc1cccc(F)c1)N1CCCC[C@@H]21. The number of aromatic nitrogens is 2. The number of halogens is 1. The first kappa shape index (κ1) is 19.4. The van der Waals surface area contributed by atoms with Gasteiger partial charge in [0.25, 0.3) is 11.5 Å². The van der Waals surface area contributed by atoms with Crippen molar-refractivity contribution in [2.45, 2.75) is 44.2 Å². The average molecular weight is 410 g/mol. The Labute approximate surface area is 175 Å². The van der Waals surface area contributed by atoms with Gasteiger partial charge in [-0.1, -0.05) is 18.6 Å². The van der Waals surface area contributed by atoms with Crippen molar-refractivity contribution in [2.75, 3.05) is 19.6 Å². The van der Waals surface area contributed by atoms with Gasteiger partial charge >= 0.3 is 0 Å². The first-order valence-electron chi connectivity index (χ1n) is 10.9. The Kier molecular flexibility index (Phi) is 5.15. The lowest BCUT2D eigenvalue weighted by Crippen LogP contribution is -2.64. The number of rotatable bonds is 3. The molecule has 30 heavy (non-hydrogen) atoms. The zero-order valence-electron chi connectivity index (χ0n) is 17.0. The van der Waals surface area contributed by atoms with Crippen LogP contribution in [0.15, 0.2) is 41.2 Å². The van der Waals surface area contributed by atoms with E-state index < -0.39 is 0 Å². The molecule has 0 aliphatic carbocycles. The minimum absolute atomic E-state index is 0.116. The van der Waals surface area contributed by atoms with Gasteiger partial charge in [0.1, 0.15) is 11.5 Å². The van der Waals surface area contributed by atoms with E-state index in [1.54, 1.807) is 12.1 Å². The molecule has 0 radical (unpaired) electrons. The lowest BCUT2D eigenvalue weighted by atomic mass is 9.71. The summed E-state index contributed by atoms with van der Waals surface area (Å²) in [6, 6.07) is 10.6. The lowest BCUT2D eigenvalue weighted by molar-refractivity contribution is -0.0643. The van der Waals surface area contributed by atoms with E-state index in [2.05, 4.69) is 15.1 Å². The predicted molar refractivity (Wildman–Crippen MR) is 111 cm³/mol. The van der Waals surface area contributed by atoms with Crippen LogP contribution in [-0.2, 0) is 6.42 Å². The average Bonchev–Trinajstić information content (AvgIpc) is 2.77. The van der Waals surface area contributed by atoms with Crippen LogP contribution < -0.4 is 5.56 Å². The molecule has 3 saturated heterocycles. The molecule has 1 amide bonds. The molecule has 2 bridgehead atoms. The summed E-state index contributed by atoms with van der Waals surface area (Å²) in [5.41, 5.74) is 1.00. The fraction of sp³-hybridized carbons (Fsp3) is 0.522. The molecule has 3 fully saturated rings. The van der Waals surface area contributed by atoms with Crippen molar-refractivity contribution in [1.82, 2.24) is 20.0 Å². The number of carbonyl (C=O) groups excluding carboxylic acids is 1. The third-order valence-electron chi connectivity index (χ3n) is 7.14. The van der Waals surface area contributed by atoms with Crippen LogP contribution in [0.1, 0.15) is 41.7 Å². The summed E-state index contributed by atoms with van der Waals surface area (Å²) in [4.78, 5) is 29.0. The first-order valence-corrected chi connectivity index (χ1v) is 10.9. The van der Waals surface area contributed by atoms with Gasteiger partial charge in [0, 0.05) is 31.2 Å². The van der Waals surface area contributed by atoms with Gasteiger partial charge in [-0.2, -0.15) is 5.10 Å². The number of aromatic amines is 1. The fourth-order valence-electron chi connectivity index (χ4n) is 5.89. The summed E-state index contributed by atoms with van der Waals surface area (Å²) in [7, 11) is 0. The second-order valence-corrected chi connectivity index (χ2v) is 8.97. The third-order valence-corrected chi connectivity index (χ3v) is 7.14. The standard InChI is InChI=1S/C23H27FN4O2/c24-18-5-3-4-15(10-18)11-21-17-12-16(20-6-1-2-9-28(20)21)13-27(14-17)23(30)19-7-8-22(29)26-25-19/h3-5,7-8,10,16-17,20-21H,1-2,6,9,11-14H2,(H,26,29)/t16-,17+,20+,21+/m1/s1. The monoisotopic (exact) mass is 410 g/mol. The topological polar surface area (TPSA) is 69.3 Å². The highest BCUT2D eigenvalue weighted by atomic mass is 19.1. The molecule has 1 N–H and O–H groups in total.